The van der Waals surface area contributed by atoms with Gasteiger partial charge in [-0.05, 0) is 38.1 Å². The van der Waals surface area contributed by atoms with Gasteiger partial charge >= 0.3 is 0 Å². The molecule has 28 heavy (non-hydrogen) atoms. The second-order valence-electron chi connectivity index (χ2n) is 6.77. The topological polar surface area (TPSA) is 75.4 Å². The van der Waals surface area contributed by atoms with Gasteiger partial charge in [0.25, 0.3) is 5.78 Å². The summed E-state index contributed by atoms with van der Waals surface area (Å²) in [6.45, 7) is 5.82. The van der Waals surface area contributed by atoms with E-state index in [1.165, 1.54) is 0 Å². The summed E-state index contributed by atoms with van der Waals surface area (Å²) in [5, 5.41) is 7.90. The minimum Gasteiger partial charge on any atom is -0.369 e. The molecule has 0 atom stereocenters. The van der Waals surface area contributed by atoms with Gasteiger partial charge in [-0.15, -0.1) is 5.10 Å². The average molecular weight is 417 g/mol. The molecule has 4 rings (SSSR count). The predicted molar refractivity (Wildman–Crippen MR) is 114 cm³/mol. The minimum absolute atomic E-state index is 0.0740. The van der Waals surface area contributed by atoms with Gasteiger partial charge in [0.2, 0.25) is 5.91 Å². The molecule has 1 N–H and O–H groups in total. The van der Waals surface area contributed by atoms with Gasteiger partial charge < -0.3 is 10.2 Å². The van der Waals surface area contributed by atoms with Crippen LogP contribution < -0.4 is 10.2 Å². The SMILES string of the molecule is Cc1cc(C)n2nc(CC(=O)Nc3ccc(N4CCSCC4)c(Cl)c3)nc2n1. The molecule has 0 aliphatic carbocycles. The quantitative estimate of drug-likeness (QED) is 0.704. The van der Waals surface area contributed by atoms with Gasteiger partial charge in [0, 0.05) is 41.7 Å². The van der Waals surface area contributed by atoms with Crippen LogP contribution in [0.1, 0.15) is 17.2 Å². The van der Waals surface area contributed by atoms with Crippen molar-refractivity contribution in [2.24, 2.45) is 0 Å². The number of thioether (sulfide) groups is 1. The molecule has 0 unspecified atom stereocenters. The van der Waals surface area contributed by atoms with Crippen LogP contribution in [0.25, 0.3) is 5.78 Å². The van der Waals surface area contributed by atoms with Gasteiger partial charge in [-0.25, -0.2) is 9.50 Å². The van der Waals surface area contributed by atoms with Crippen molar-refractivity contribution in [3.63, 3.8) is 0 Å². The number of nitrogens with one attached hydrogen (secondary N) is 1. The van der Waals surface area contributed by atoms with Crippen molar-refractivity contribution in [2.45, 2.75) is 20.3 Å². The average Bonchev–Trinajstić information content (AvgIpc) is 3.05. The van der Waals surface area contributed by atoms with E-state index in [2.05, 4.69) is 25.3 Å². The second kappa shape index (κ2) is 7.97. The van der Waals surface area contributed by atoms with Crippen LogP contribution in [0.2, 0.25) is 5.02 Å². The van der Waals surface area contributed by atoms with Crippen molar-refractivity contribution in [3.05, 3.63) is 46.5 Å². The van der Waals surface area contributed by atoms with Crippen molar-refractivity contribution < 1.29 is 4.79 Å². The summed E-state index contributed by atoms with van der Waals surface area (Å²) in [5.74, 6) is 2.96. The van der Waals surface area contributed by atoms with Crippen LogP contribution in [-0.4, -0.2) is 50.1 Å². The summed E-state index contributed by atoms with van der Waals surface area (Å²) < 4.78 is 1.65. The van der Waals surface area contributed by atoms with Gasteiger partial charge in [0.1, 0.15) is 0 Å². The molecular formula is C19H21ClN6OS. The highest BCUT2D eigenvalue weighted by Gasteiger charge is 2.16. The number of hydrogen-bond acceptors (Lipinski definition) is 6. The van der Waals surface area contributed by atoms with E-state index in [-0.39, 0.29) is 12.3 Å². The molecule has 1 fully saturated rings. The Bertz CT molecular complexity index is 1030. The van der Waals surface area contributed by atoms with Gasteiger partial charge in [0.05, 0.1) is 17.1 Å². The summed E-state index contributed by atoms with van der Waals surface area (Å²) in [6, 6.07) is 7.57. The number of fused-ring (bicyclic) bond motifs is 1. The lowest BCUT2D eigenvalue weighted by atomic mass is 10.2. The van der Waals surface area contributed by atoms with E-state index in [0.717, 1.165) is 41.7 Å². The fourth-order valence-corrected chi connectivity index (χ4v) is 4.48. The standard InChI is InChI=1S/C19H21ClN6OS/c1-12-9-13(2)26-19(21-12)23-17(24-26)11-18(27)22-14-3-4-16(15(20)10-14)25-5-7-28-8-6-25/h3-4,9-10H,5-8,11H2,1-2H3,(H,22,27). The highest BCUT2D eigenvalue weighted by atomic mass is 35.5. The maximum atomic E-state index is 12.4. The van der Waals surface area contributed by atoms with Crippen molar-refractivity contribution in [2.75, 3.05) is 34.8 Å². The van der Waals surface area contributed by atoms with E-state index in [4.69, 9.17) is 11.6 Å². The third kappa shape index (κ3) is 4.07. The third-order valence-corrected chi connectivity index (χ3v) is 5.81. The monoisotopic (exact) mass is 416 g/mol. The van der Waals surface area contributed by atoms with E-state index < -0.39 is 0 Å². The number of benzene rings is 1. The number of aromatic nitrogens is 4. The molecule has 2 aromatic heterocycles. The van der Waals surface area contributed by atoms with Crippen LogP contribution in [0.3, 0.4) is 0 Å². The van der Waals surface area contributed by atoms with Gasteiger partial charge in [0.15, 0.2) is 5.82 Å². The van der Waals surface area contributed by atoms with Crippen molar-refractivity contribution in [1.29, 1.82) is 0 Å². The van der Waals surface area contributed by atoms with Crippen LogP contribution in [-0.2, 0) is 11.2 Å². The number of carbonyl (C=O) groups is 1. The van der Waals surface area contributed by atoms with Gasteiger partial charge in [-0.3, -0.25) is 4.79 Å². The maximum Gasteiger partial charge on any atom is 0.252 e. The molecule has 1 aliphatic heterocycles. The minimum atomic E-state index is -0.191. The molecule has 3 heterocycles. The second-order valence-corrected chi connectivity index (χ2v) is 8.40. The molecule has 1 aromatic carbocycles. The van der Waals surface area contributed by atoms with E-state index in [9.17, 15) is 4.79 Å². The van der Waals surface area contributed by atoms with Crippen molar-refractivity contribution in [1.82, 2.24) is 19.6 Å². The zero-order valence-corrected chi connectivity index (χ0v) is 17.3. The number of aryl methyl sites for hydroxylation is 2. The number of nitrogens with zero attached hydrogens (tertiary/aromatic N) is 5. The molecule has 0 saturated carbocycles. The van der Waals surface area contributed by atoms with Crippen LogP contribution in [0.4, 0.5) is 11.4 Å². The van der Waals surface area contributed by atoms with E-state index >= 15 is 0 Å². The summed E-state index contributed by atoms with van der Waals surface area (Å²) in [4.78, 5) is 23.4. The van der Waals surface area contributed by atoms with E-state index in [0.29, 0.717) is 22.3 Å². The molecular weight excluding hydrogens is 396 g/mol. The number of carbonyl (C=O) groups excluding carboxylic acids is 1. The lowest BCUT2D eigenvalue weighted by Gasteiger charge is -2.29. The summed E-state index contributed by atoms with van der Waals surface area (Å²) in [7, 11) is 0. The molecule has 1 saturated heterocycles. The molecule has 1 aliphatic rings. The normalized spacial score (nSPS) is 14.5. The third-order valence-electron chi connectivity index (χ3n) is 4.56. The first kappa shape index (κ1) is 19.0. The Morgan fingerprint density at radius 2 is 2.00 bits per heavy atom. The number of rotatable bonds is 4. The summed E-state index contributed by atoms with van der Waals surface area (Å²) in [6.07, 6.45) is 0.0740. The molecule has 3 aromatic rings. The Balaban J connectivity index is 1.45. The Morgan fingerprint density at radius 1 is 1.21 bits per heavy atom. The molecule has 9 heteroatoms. The van der Waals surface area contributed by atoms with Crippen LogP contribution in [0.5, 0.6) is 0 Å². The van der Waals surface area contributed by atoms with Gasteiger partial charge in [-0.2, -0.15) is 16.7 Å². The van der Waals surface area contributed by atoms with Crippen LogP contribution in [0, 0.1) is 13.8 Å². The first-order chi connectivity index (χ1) is 13.5. The van der Waals surface area contributed by atoms with Gasteiger partial charge in [-0.1, -0.05) is 11.6 Å². The molecule has 0 spiro atoms. The number of anilines is 2. The fraction of sp³-hybridized carbons (Fsp3) is 0.368. The first-order valence-corrected chi connectivity index (χ1v) is 10.6. The van der Waals surface area contributed by atoms with Crippen molar-refractivity contribution in [3.8, 4) is 0 Å². The number of hydrogen-bond donors (Lipinski definition) is 1. The Hall–Kier alpha value is -2.32. The molecule has 0 bridgehead atoms. The van der Waals surface area contributed by atoms with Crippen molar-refractivity contribution >= 4 is 46.4 Å². The lowest BCUT2D eigenvalue weighted by Crippen LogP contribution is -2.32. The summed E-state index contributed by atoms with van der Waals surface area (Å²) >= 11 is 8.41. The Labute approximate surface area is 172 Å². The number of amides is 1. The fourth-order valence-electron chi connectivity index (χ4n) is 3.28. The zero-order chi connectivity index (χ0) is 19.7. The molecule has 7 nitrogen and oxygen atoms in total. The predicted octanol–water partition coefficient (Wildman–Crippen LogP) is 3.13. The highest BCUT2D eigenvalue weighted by Crippen LogP contribution is 2.30. The largest absolute Gasteiger partial charge is 0.369 e. The lowest BCUT2D eigenvalue weighted by molar-refractivity contribution is -0.115. The summed E-state index contributed by atoms with van der Waals surface area (Å²) in [5.41, 5.74) is 3.48. The van der Waals surface area contributed by atoms with Crippen LogP contribution >= 0.6 is 23.4 Å². The Morgan fingerprint density at radius 3 is 2.75 bits per heavy atom. The molecule has 146 valence electrons. The Kier molecular flexibility index (Phi) is 5.41. The van der Waals surface area contributed by atoms with Crippen LogP contribution in [0.15, 0.2) is 24.3 Å². The van der Waals surface area contributed by atoms with E-state index in [1.807, 2.05) is 43.8 Å². The van der Waals surface area contributed by atoms with E-state index in [1.54, 1.807) is 10.6 Å². The molecule has 1 amide bonds. The zero-order valence-electron chi connectivity index (χ0n) is 15.8. The maximum absolute atomic E-state index is 12.4. The molecule has 0 radical (unpaired) electrons. The number of halogens is 1. The highest BCUT2D eigenvalue weighted by molar-refractivity contribution is 7.99. The first-order valence-electron chi connectivity index (χ1n) is 9.11. The smallest absolute Gasteiger partial charge is 0.252 e.